The van der Waals surface area contributed by atoms with Crippen molar-refractivity contribution in [3.63, 3.8) is 0 Å². The van der Waals surface area contributed by atoms with Crippen molar-refractivity contribution in [1.29, 1.82) is 0 Å². The number of anilines is 2. The van der Waals surface area contributed by atoms with Gasteiger partial charge in [0, 0.05) is 55.8 Å². The quantitative estimate of drug-likeness (QED) is 0.164. The number of imidazole rings is 1. The maximum atomic E-state index is 6.60. The van der Waals surface area contributed by atoms with Gasteiger partial charge in [-0.15, -0.1) is 41.3 Å². The Hall–Kier alpha value is -5.58. The Kier molecular flexibility index (Phi) is 6.93. The molecule has 0 saturated heterocycles. The van der Waals surface area contributed by atoms with Gasteiger partial charge in [0.1, 0.15) is 5.82 Å². The first-order valence-corrected chi connectivity index (χ1v) is 14.7. The van der Waals surface area contributed by atoms with E-state index in [0.29, 0.717) is 11.5 Å². The maximum absolute atomic E-state index is 6.60. The van der Waals surface area contributed by atoms with Crippen LogP contribution in [0.15, 0.2) is 140 Å². The average Bonchev–Trinajstić information content (AvgIpc) is 3.71. The van der Waals surface area contributed by atoms with Gasteiger partial charge in [-0.1, -0.05) is 90.2 Å². The minimum Gasteiger partial charge on any atom is -0.509 e. The van der Waals surface area contributed by atoms with Gasteiger partial charge >= 0.3 is 0 Å². The van der Waals surface area contributed by atoms with E-state index in [1.165, 1.54) is 0 Å². The molecule has 0 amide bonds. The summed E-state index contributed by atoms with van der Waals surface area (Å²) >= 11 is 0. The summed E-state index contributed by atoms with van der Waals surface area (Å²) in [6.07, 6.45) is 5.59. The number of pyridine rings is 1. The number of fused-ring (bicyclic) bond motifs is 6. The molecule has 4 heterocycles. The predicted molar refractivity (Wildman–Crippen MR) is 178 cm³/mol. The summed E-state index contributed by atoms with van der Waals surface area (Å²) in [5.74, 6) is 2.92. The van der Waals surface area contributed by atoms with Crippen molar-refractivity contribution < 1.29 is 25.8 Å². The Morgan fingerprint density at radius 2 is 1.48 bits per heavy atom. The van der Waals surface area contributed by atoms with Crippen LogP contribution in [-0.2, 0) is 21.1 Å². The molecule has 1 aliphatic heterocycles. The molecule has 0 fully saturated rings. The molecular formula is C39H24N5OPt-3. The van der Waals surface area contributed by atoms with Crippen molar-refractivity contribution in [1.82, 2.24) is 19.1 Å². The van der Waals surface area contributed by atoms with Gasteiger partial charge in [-0.25, -0.2) is 4.98 Å². The molecule has 7 heteroatoms. The minimum atomic E-state index is 0. The van der Waals surface area contributed by atoms with Gasteiger partial charge in [0.05, 0.1) is 0 Å². The fraction of sp³-hybridized carbons (Fsp3) is 0. The Labute approximate surface area is 280 Å². The molecule has 0 spiro atoms. The van der Waals surface area contributed by atoms with Crippen LogP contribution in [0.5, 0.6) is 11.5 Å². The van der Waals surface area contributed by atoms with Gasteiger partial charge in [-0.3, -0.25) is 0 Å². The largest absolute Gasteiger partial charge is 0.509 e. The van der Waals surface area contributed by atoms with Crippen molar-refractivity contribution in [3.05, 3.63) is 159 Å². The number of nitrogens with zero attached hydrogens (tertiary/aromatic N) is 5. The van der Waals surface area contributed by atoms with Crippen LogP contribution in [0, 0.1) is 18.8 Å². The van der Waals surface area contributed by atoms with Crippen LogP contribution in [0.3, 0.4) is 0 Å². The fourth-order valence-corrected chi connectivity index (χ4v) is 6.15. The molecule has 8 aromatic rings. The van der Waals surface area contributed by atoms with E-state index in [0.717, 1.165) is 61.5 Å². The SMILES string of the molecule is [Pt].[c-]1c(Oc2[c-]c3c(cc2)c2ccccc2n3-c2ccccn2)cc(-c2ccccc2)cc1N1[CH-]n2ccnc2-c2ccccc21. The summed E-state index contributed by atoms with van der Waals surface area (Å²) in [7, 11) is 0. The summed E-state index contributed by atoms with van der Waals surface area (Å²) in [6, 6.07) is 48.3. The third-order valence-corrected chi connectivity index (χ3v) is 8.16. The fourth-order valence-electron chi connectivity index (χ4n) is 6.15. The van der Waals surface area contributed by atoms with Gasteiger partial charge in [0.2, 0.25) is 0 Å². The molecule has 0 aliphatic carbocycles. The monoisotopic (exact) mass is 773 g/mol. The van der Waals surface area contributed by atoms with E-state index in [4.69, 9.17) is 4.74 Å². The second kappa shape index (κ2) is 11.4. The summed E-state index contributed by atoms with van der Waals surface area (Å²) in [5, 5.41) is 2.22. The van der Waals surface area contributed by atoms with Gasteiger partial charge < -0.3 is 23.8 Å². The van der Waals surface area contributed by atoms with Crippen molar-refractivity contribution in [2.45, 2.75) is 0 Å². The van der Waals surface area contributed by atoms with Gasteiger partial charge in [-0.2, -0.15) is 6.07 Å². The molecule has 9 rings (SSSR count). The molecule has 5 aromatic carbocycles. The number of aromatic nitrogens is 4. The molecule has 3 aromatic heterocycles. The Bertz CT molecular complexity index is 2350. The Balaban J connectivity index is 0.00000312. The number of ether oxygens (including phenoxy) is 1. The van der Waals surface area contributed by atoms with Crippen molar-refractivity contribution in [2.75, 3.05) is 4.90 Å². The van der Waals surface area contributed by atoms with Crippen LogP contribution in [0.25, 0.3) is 50.1 Å². The van der Waals surface area contributed by atoms with Crippen LogP contribution in [0.4, 0.5) is 11.4 Å². The molecule has 0 radical (unpaired) electrons. The zero-order valence-electron chi connectivity index (χ0n) is 24.3. The van der Waals surface area contributed by atoms with Gasteiger partial charge in [0.15, 0.2) is 0 Å². The molecule has 224 valence electrons. The molecule has 6 nitrogen and oxygen atoms in total. The topological polar surface area (TPSA) is 48.1 Å². The molecule has 0 saturated carbocycles. The number of hydrogen-bond donors (Lipinski definition) is 0. The summed E-state index contributed by atoms with van der Waals surface area (Å²) in [5.41, 5.74) is 6.99. The van der Waals surface area contributed by atoms with Crippen molar-refractivity contribution in [3.8, 4) is 39.8 Å². The molecule has 0 unspecified atom stereocenters. The van der Waals surface area contributed by atoms with Crippen molar-refractivity contribution >= 4 is 33.2 Å². The van der Waals surface area contributed by atoms with E-state index in [1.54, 1.807) is 0 Å². The molecule has 1 aliphatic rings. The molecule has 0 bridgehead atoms. The summed E-state index contributed by atoms with van der Waals surface area (Å²) < 4.78 is 10.8. The second-order valence-corrected chi connectivity index (χ2v) is 10.9. The summed E-state index contributed by atoms with van der Waals surface area (Å²) in [6.45, 7) is 2.04. The smallest absolute Gasteiger partial charge is 0.135 e. The molecular weight excluding hydrogens is 750 g/mol. The normalized spacial score (nSPS) is 11.9. The first kappa shape index (κ1) is 27.9. The first-order chi connectivity index (χ1) is 22.3. The molecule has 0 atom stereocenters. The van der Waals surface area contributed by atoms with Crippen molar-refractivity contribution in [2.24, 2.45) is 0 Å². The van der Waals surface area contributed by atoms with Crippen LogP contribution in [0.1, 0.15) is 0 Å². The number of rotatable bonds is 5. The van der Waals surface area contributed by atoms with E-state index >= 15 is 0 Å². The van der Waals surface area contributed by atoms with Gasteiger partial charge in [-0.05, 0) is 53.6 Å². The Morgan fingerprint density at radius 1 is 0.652 bits per heavy atom. The average molecular weight is 774 g/mol. The number of benzene rings is 5. The Morgan fingerprint density at radius 3 is 2.37 bits per heavy atom. The van der Waals surface area contributed by atoms with Crippen LogP contribution < -0.4 is 9.64 Å². The van der Waals surface area contributed by atoms with Gasteiger partial charge in [0.25, 0.3) is 0 Å². The molecule has 0 N–H and O–H groups in total. The number of para-hydroxylation sites is 2. The zero-order chi connectivity index (χ0) is 29.7. The standard InChI is InChI=1S/C39H24N5O.Pt/c1-2-10-27(11-3-1)28-22-29(43-26-42-21-20-41-39(42)34-13-5-6-14-35(34)43)24-31(23-28)45-30-17-18-33-32-12-4-7-15-36(32)44(37(33)25-30)38-16-8-9-19-40-38;/h1-23,26H;/q-3;. The van der Waals surface area contributed by atoms with Crippen LogP contribution in [-0.4, -0.2) is 19.1 Å². The minimum absolute atomic E-state index is 0. The number of hydrogen-bond acceptors (Lipinski definition) is 4. The zero-order valence-corrected chi connectivity index (χ0v) is 26.6. The molecule has 46 heavy (non-hydrogen) atoms. The first-order valence-electron chi connectivity index (χ1n) is 14.7. The van der Waals surface area contributed by atoms with Crippen LogP contribution in [0.2, 0.25) is 0 Å². The van der Waals surface area contributed by atoms with E-state index in [1.807, 2.05) is 96.6 Å². The third kappa shape index (κ3) is 4.66. The van der Waals surface area contributed by atoms with E-state index in [-0.39, 0.29) is 21.1 Å². The predicted octanol–water partition coefficient (Wildman–Crippen LogP) is 9.22. The van der Waals surface area contributed by atoms with E-state index in [2.05, 4.69) is 86.2 Å². The second-order valence-electron chi connectivity index (χ2n) is 10.9. The summed E-state index contributed by atoms with van der Waals surface area (Å²) in [4.78, 5) is 11.4. The van der Waals surface area contributed by atoms with Crippen LogP contribution >= 0.6 is 0 Å². The van der Waals surface area contributed by atoms with E-state index in [9.17, 15) is 0 Å². The third-order valence-electron chi connectivity index (χ3n) is 8.16. The maximum Gasteiger partial charge on any atom is 0.135 e. The van der Waals surface area contributed by atoms with E-state index < -0.39 is 0 Å².